The summed E-state index contributed by atoms with van der Waals surface area (Å²) in [7, 11) is 0. The van der Waals surface area contributed by atoms with Gasteiger partial charge in [0.25, 0.3) is 0 Å². The predicted octanol–water partition coefficient (Wildman–Crippen LogP) is 2.94. The molecular formula is C15H16N2O2. The van der Waals surface area contributed by atoms with E-state index in [2.05, 4.69) is 16.9 Å². The Hall–Kier alpha value is -2.23. The van der Waals surface area contributed by atoms with Crippen molar-refractivity contribution in [3.05, 3.63) is 47.4 Å². The van der Waals surface area contributed by atoms with Crippen LogP contribution in [0.5, 0.6) is 0 Å². The topological polar surface area (TPSA) is 52.1 Å². The Morgan fingerprint density at radius 3 is 2.68 bits per heavy atom. The van der Waals surface area contributed by atoms with Gasteiger partial charge in [-0.1, -0.05) is 12.1 Å². The lowest BCUT2D eigenvalue weighted by atomic mass is 10.0. The minimum atomic E-state index is -0.492. The van der Waals surface area contributed by atoms with Gasteiger partial charge in [0.2, 0.25) is 5.82 Å². The number of ether oxygens (including phenoxy) is 1. The number of aryl methyl sites for hydroxylation is 2. The molecule has 0 unspecified atom stereocenters. The highest BCUT2D eigenvalue weighted by atomic mass is 16.5. The van der Waals surface area contributed by atoms with E-state index in [1.54, 1.807) is 19.2 Å². The van der Waals surface area contributed by atoms with E-state index in [9.17, 15) is 4.79 Å². The van der Waals surface area contributed by atoms with Crippen molar-refractivity contribution in [2.45, 2.75) is 20.8 Å². The van der Waals surface area contributed by atoms with Crippen LogP contribution < -0.4 is 0 Å². The van der Waals surface area contributed by atoms with Crippen LogP contribution in [0.3, 0.4) is 0 Å². The zero-order valence-corrected chi connectivity index (χ0v) is 11.3. The molecule has 2 rings (SSSR count). The van der Waals surface area contributed by atoms with Crippen molar-refractivity contribution in [1.82, 2.24) is 9.97 Å². The Labute approximate surface area is 112 Å². The highest BCUT2D eigenvalue weighted by Gasteiger charge is 2.11. The van der Waals surface area contributed by atoms with Crippen molar-refractivity contribution in [2.24, 2.45) is 0 Å². The first-order valence-electron chi connectivity index (χ1n) is 6.19. The third-order valence-electron chi connectivity index (χ3n) is 2.92. The molecule has 0 aliphatic carbocycles. The summed E-state index contributed by atoms with van der Waals surface area (Å²) >= 11 is 0. The van der Waals surface area contributed by atoms with Crippen molar-refractivity contribution in [2.75, 3.05) is 6.61 Å². The largest absolute Gasteiger partial charge is 0.460 e. The quantitative estimate of drug-likeness (QED) is 0.792. The van der Waals surface area contributed by atoms with Crippen LogP contribution in [-0.4, -0.2) is 22.5 Å². The third-order valence-corrected chi connectivity index (χ3v) is 2.92. The van der Waals surface area contributed by atoms with Gasteiger partial charge in [-0.15, -0.1) is 0 Å². The Balaban J connectivity index is 2.37. The van der Waals surface area contributed by atoms with Crippen LogP contribution >= 0.6 is 0 Å². The summed E-state index contributed by atoms with van der Waals surface area (Å²) in [6.07, 6.45) is 1.57. The molecule has 4 nitrogen and oxygen atoms in total. The first kappa shape index (κ1) is 13.2. The monoisotopic (exact) mass is 256 g/mol. The number of carbonyl (C=O) groups excluding carboxylic acids is 1. The van der Waals surface area contributed by atoms with E-state index >= 15 is 0 Å². The zero-order valence-electron chi connectivity index (χ0n) is 11.3. The third kappa shape index (κ3) is 2.96. The van der Waals surface area contributed by atoms with Crippen LogP contribution in [0.4, 0.5) is 0 Å². The van der Waals surface area contributed by atoms with E-state index in [1.807, 2.05) is 25.1 Å². The van der Waals surface area contributed by atoms with E-state index in [0.717, 1.165) is 11.3 Å². The number of carbonyl (C=O) groups is 1. The van der Waals surface area contributed by atoms with Gasteiger partial charge in [-0.3, -0.25) is 0 Å². The molecular weight excluding hydrogens is 240 g/mol. The van der Waals surface area contributed by atoms with Gasteiger partial charge < -0.3 is 4.74 Å². The molecule has 0 aliphatic rings. The molecule has 4 heteroatoms. The van der Waals surface area contributed by atoms with Gasteiger partial charge in [0.15, 0.2) is 0 Å². The van der Waals surface area contributed by atoms with Crippen molar-refractivity contribution in [3.63, 3.8) is 0 Å². The molecule has 98 valence electrons. The van der Waals surface area contributed by atoms with Crippen LogP contribution in [0.2, 0.25) is 0 Å². The summed E-state index contributed by atoms with van der Waals surface area (Å²) in [5.74, 6) is -0.397. The molecule has 1 aromatic heterocycles. The molecule has 0 aliphatic heterocycles. The number of aromatic nitrogens is 2. The van der Waals surface area contributed by atoms with Gasteiger partial charge in [0, 0.05) is 11.8 Å². The van der Waals surface area contributed by atoms with Crippen molar-refractivity contribution in [3.8, 4) is 11.3 Å². The molecule has 0 radical (unpaired) electrons. The highest BCUT2D eigenvalue weighted by molar-refractivity contribution is 5.85. The summed E-state index contributed by atoms with van der Waals surface area (Å²) in [4.78, 5) is 19.8. The van der Waals surface area contributed by atoms with E-state index < -0.39 is 5.97 Å². The van der Waals surface area contributed by atoms with Crippen molar-refractivity contribution in [1.29, 1.82) is 0 Å². The smallest absolute Gasteiger partial charge is 0.376 e. The lowest BCUT2D eigenvalue weighted by molar-refractivity contribution is 0.0512. The van der Waals surface area contributed by atoms with E-state index in [1.165, 1.54) is 11.1 Å². The molecule has 19 heavy (non-hydrogen) atoms. The number of nitrogens with zero attached hydrogens (tertiary/aromatic N) is 2. The van der Waals surface area contributed by atoms with Gasteiger partial charge >= 0.3 is 5.97 Å². The fourth-order valence-electron chi connectivity index (χ4n) is 1.71. The first-order valence-corrected chi connectivity index (χ1v) is 6.19. The molecule has 0 amide bonds. The summed E-state index contributed by atoms with van der Waals surface area (Å²) in [6, 6.07) is 7.86. The number of hydrogen-bond acceptors (Lipinski definition) is 4. The molecule has 0 fully saturated rings. The second-order valence-electron chi connectivity index (χ2n) is 4.28. The Morgan fingerprint density at radius 2 is 2.00 bits per heavy atom. The van der Waals surface area contributed by atoms with Crippen LogP contribution in [0, 0.1) is 13.8 Å². The minimum Gasteiger partial charge on any atom is -0.460 e. The fourth-order valence-corrected chi connectivity index (χ4v) is 1.71. The maximum absolute atomic E-state index is 11.6. The number of esters is 1. The first-order chi connectivity index (χ1) is 9.11. The van der Waals surface area contributed by atoms with Crippen molar-refractivity contribution >= 4 is 5.97 Å². The van der Waals surface area contributed by atoms with Crippen molar-refractivity contribution < 1.29 is 9.53 Å². The Morgan fingerprint density at radius 1 is 1.21 bits per heavy atom. The van der Waals surface area contributed by atoms with E-state index in [-0.39, 0.29) is 5.82 Å². The molecule has 0 bridgehead atoms. The second kappa shape index (κ2) is 5.61. The predicted molar refractivity (Wildman–Crippen MR) is 72.9 cm³/mol. The average Bonchev–Trinajstić information content (AvgIpc) is 2.42. The SMILES string of the molecule is CCOC(=O)c1nccc(-c2ccc(C)c(C)c2)n1. The van der Waals surface area contributed by atoms with Gasteiger partial charge in [-0.2, -0.15) is 0 Å². The Kier molecular flexibility index (Phi) is 3.90. The molecule has 0 saturated heterocycles. The van der Waals surface area contributed by atoms with Gasteiger partial charge in [0.05, 0.1) is 12.3 Å². The van der Waals surface area contributed by atoms with Gasteiger partial charge in [0.1, 0.15) is 0 Å². The van der Waals surface area contributed by atoms with E-state index in [0.29, 0.717) is 6.61 Å². The minimum absolute atomic E-state index is 0.0950. The van der Waals surface area contributed by atoms with Crippen LogP contribution in [0.15, 0.2) is 30.5 Å². The second-order valence-corrected chi connectivity index (χ2v) is 4.28. The zero-order chi connectivity index (χ0) is 13.8. The van der Waals surface area contributed by atoms with Crippen LogP contribution in [0.1, 0.15) is 28.7 Å². The van der Waals surface area contributed by atoms with Gasteiger partial charge in [-0.05, 0) is 44.0 Å². The molecule has 0 saturated carbocycles. The lowest BCUT2D eigenvalue weighted by Crippen LogP contribution is -2.09. The molecule has 0 N–H and O–H groups in total. The number of benzene rings is 1. The maximum atomic E-state index is 11.6. The van der Waals surface area contributed by atoms with E-state index in [4.69, 9.17) is 4.74 Å². The molecule has 2 aromatic rings. The summed E-state index contributed by atoms with van der Waals surface area (Å²) in [5, 5.41) is 0. The Bertz CT molecular complexity index is 609. The molecule has 1 aromatic carbocycles. The molecule has 1 heterocycles. The maximum Gasteiger partial charge on any atom is 0.376 e. The van der Waals surface area contributed by atoms with Gasteiger partial charge in [-0.25, -0.2) is 14.8 Å². The van der Waals surface area contributed by atoms with Crippen LogP contribution in [-0.2, 0) is 4.74 Å². The summed E-state index contributed by atoms with van der Waals surface area (Å²) in [5.41, 5.74) is 4.11. The lowest BCUT2D eigenvalue weighted by Gasteiger charge is -2.06. The normalized spacial score (nSPS) is 10.3. The fraction of sp³-hybridized carbons (Fsp3) is 0.267. The molecule has 0 spiro atoms. The highest BCUT2D eigenvalue weighted by Crippen LogP contribution is 2.20. The average molecular weight is 256 g/mol. The standard InChI is InChI=1S/C15H16N2O2/c1-4-19-15(18)14-16-8-7-13(17-14)12-6-5-10(2)11(3)9-12/h5-9H,4H2,1-3H3. The summed E-state index contributed by atoms with van der Waals surface area (Å²) in [6.45, 7) is 6.18. The number of rotatable bonds is 3. The van der Waals surface area contributed by atoms with Crippen LogP contribution in [0.25, 0.3) is 11.3 Å². The molecule has 0 atom stereocenters. The summed E-state index contributed by atoms with van der Waals surface area (Å²) < 4.78 is 4.90. The number of hydrogen-bond donors (Lipinski definition) is 0.